The minimum absolute atomic E-state index is 0. The van der Waals surface area contributed by atoms with E-state index in [1.54, 1.807) is 0 Å². The molecule has 0 bridgehead atoms. The molecular formula is C17H25ClN2O3. The van der Waals surface area contributed by atoms with Crippen LogP contribution in [0.5, 0.6) is 5.75 Å². The summed E-state index contributed by atoms with van der Waals surface area (Å²) < 4.78 is 11.4. The fourth-order valence-corrected chi connectivity index (χ4v) is 3.06. The normalized spacial score (nSPS) is 24.7. The van der Waals surface area contributed by atoms with E-state index in [0.717, 1.165) is 24.3 Å². The summed E-state index contributed by atoms with van der Waals surface area (Å²) in [6.07, 6.45) is 5.04. The molecule has 128 valence electrons. The van der Waals surface area contributed by atoms with Crippen LogP contribution in [0.1, 0.15) is 32.6 Å². The molecule has 1 aromatic rings. The van der Waals surface area contributed by atoms with Crippen LogP contribution in [0.4, 0.5) is 5.69 Å². The highest BCUT2D eigenvalue weighted by molar-refractivity contribution is 5.95. The number of halogens is 1. The summed E-state index contributed by atoms with van der Waals surface area (Å²) >= 11 is 0. The van der Waals surface area contributed by atoms with Crippen molar-refractivity contribution in [1.29, 1.82) is 0 Å². The van der Waals surface area contributed by atoms with Crippen LogP contribution in [-0.2, 0) is 9.53 Å². The number of nitrogens with one attached hydrogen (secondary N) is 2. The fourth-order valence-electron chi connectivity index (χ4n) is 3.06. The molecule has 6 heteroatoms. The van der Waals surface area contributed by atoms with Gasteiger partial charge in [0.15, 0.2) is 0 Å². The number of morpholine rings is 1. The highest BCUT2D eigenvalue weighted by atomic mass is 35.5. The molecule has 1 heterocycles. The van der Waals surface area contributed by atoms with E-state index in [1.807, 2.05) is 31.2 Å². The van der Waals surface area contributed by atoms with E-state index >= 15 is 0 Å². The second-order valence-corrected chi connectivity index (χ2v) is 6.05. The summed E-state index contributed by atoms with van der Waals surface area (Å²) in [4.78, 5) is 12.3. The summed E-state index contributed by atoms with van der Waals surface area (Å²) in [6.45, 7) is 3.27. The summed E-state index contributed by atoms with van der Waals surface area (Å²) in [5.41, 5.74) is 0.781. The van der Waals surface area contributed by atoms with Crippen LogP contribution in [0.2, 0.25) is 0 Å². The predicted molar refractivity (Wildman–Crippen MR) is 92.4 cm³/mol. The maximum absolute atomic E-state index is 12.3. The van der Waals surface area contributed by atoms with Crippen molar-refractivity contribution < 1.29 is 14.3 Å². The van der Waals surface area contributed by atoms with E-state index in [0.29, 0.717) is 19.3 Å². The number of hydrogen-bond acceptors (Lipinski definition) is 4. The van der Waals surface area contributed by atoms with Gasteiger partial charge in [0.05, 0.1) is 18.8 Å². The van der Waals surface area contributed by atoms with Crippen LogP contribution in [0, 0.1) is 0 Å². The number of anilines is 1. The van der Waals surface area contributed by atoms with Gasteiger partial charge >= 0.3 is 0 Å². The van der Waals surface area contributed by atoms with Crippen molar-refractivity contribution in [1.82, 2.24) is 5.32 Å². The van der Waals surface area contributed by atoms with Crippen LogP contribution in [-0.4, -0.2) is 37.3 Å². The third-order valence-electron chi connectivity index (χ3n) is 4.33. The Morgan fingerprint density at radius 2 is 1.96 bits per heavy atom. The molecule has 2 atom stereocenters. The Balaban J connectivity index is 0.00000192. The molecule has 5 nitrogen and oxygen atoms in total. The number of amides is 1. The van der Waals surface area contributed by atoms with Gasteiger partial charge in [-0.05, 0) is 56.9 Å². The van der Waals surface area contributed by atoms with Crippen molar-refractivity contribution in [3.05, 3.63) is 24.3 Å². The summed E-state index contributed by atoms with van der Waals surface area (Å²) in [5.74, 6) is 0.814. The first-order valence-electron chi connectivity index (χ1n) is 8.15. The molecule has 1 aromatic carbocycles. The lowest BCUT2D eigenvalue weighted by Gasteiger charge is -2.29. The van der Waals surface area contributed by atoms with Gasteiger partial charge in [-0.15, -0.1) is 12.4 Å². The van der Waals surface area contributed by atoms with Gasteiger partial charge in [0.1, 0.15) is 11.8 Å². The van der Waals surface area contributed by atoms with E-state index in [-0.39, 0.29) is 30.5 Å². The Labute approximate surface area is 143 Å². The van der Waals surface area contributed by atoms with Crippen molar-refractivity contribution in [3.8, 4) is 5.75 Å². The predicted octanol–water partition coefficient (Wildman–Crippen LogP) is 2.75. The van der Waals surface area contributed by atoms with E-state index in [1.165, 1.54) is 12.8 Å². The number of carbonyl (C=O) groups is 1. The van der Waals surface area contributed by atoms with Crippen LogP contribution >= 0.6 is 12.4 Å². The Hall–Kier alpha value is -1.30. The zero-order valence-electron chi connectivity index (χ0n) is 13.4. The molecule has 23 heavy (non-hydrogen) atoms. The molecule has 0 aromatic heterocycles. The standard InChI is InChI=1S/C17H24N2O3.ClH/c1-12-16(18-10-11-21-12)17(20)19-13-6-8-15(9-7-13)22-14-4-2-3-5-14;/h6-9,12,14,16,18H,2-5,10-11H2,1H3,(H,19,20);1H/t12-,16+;/m1./s1. The number of ether oxygens (including phenoxy) is 2. The molecule has 2 N–H and O–H groups in total. The summed E-state index contributed by atoms with van der Waals surface area (Å²) in [5, 5.41) is 6.11. The van der Waals surface area contributed by atoms with Gasteiger partial charge in [-0.3, -0.25) is 4.79 Å². The third-order valence-corrected chi connectivity index (χ3v) is 4.33. The Kier molecular flexibility index (Phi) is 6.69. The first-order valence-corrected chi connectivity index (χ1v) is 8.15. The Morgan fingerprint density at radius 1 is 1.26 bits per heavy atom. The zero-order chi connectivity index (χ0) is 15.4. The lowest BCUT2D eigenvalue weighted by molar-refractivity contribution is -0.123. The average Bonchev–Trinajstić information content (AvgIpc) is 3.02. The van der Waals surface area contributed by atoms with Gasteiger partial charge in [0.2, 0.25) is 5.91 Å². The quantitative estimate of drug-likeness (QED) is 0.884. The first kappa shape index (κ1) is 18.0. The number of rotatable bonds is 4. The van der Waals surface area contributed by atoms with Crippen LogP contribution in [0.15, 0.2) is 24.3 Å². The lowest BCUT2D eigenvalue weighted by Crippen LogP contribution is -2.53. The maximum atomic E-state index is 12.3. The average molecular weight is 341 g/mol. The smallest absolute Gasteiger partial charge is 0.244 e. The molecule has 1 saturated heterocycles. The van der Waals surface area contributed by atoms with Crippen molar-refractivity contribution in [3.63, 3.8) is 0 Å². The molecule has 0 radical (unpaired) electrons. The largest absolute Gasteiger partial charge is 0.490 e. The topological polar surface area (TPSA) is 59.6 Å². The lowest BCUT2D eigenvalue weighted by atomic mass is 10.1. The van der Waals surface area contributed by atoms with Crippen molar-refractivity contribution in [2.75, 3.05) is 18.5 Å². The monoisotopic (exact) mass is 340 g/mol. The molecular weight excluding hydrogens is 316 g/mol. The van der Waals surface area contributed by atoms with E-state index in [2.05, 4.69) is 10.6 Å². The van der Waals surface area contributed by atoms with Gasteiger partial charge in [-0.25, -0.2) is 0 Å². The van der Waals surface area contributed by atoms with Gasteiger partial charge < -0.3 is 20.1 Å². The molecule has 3 rings (SSSR count). The first-order chi connectivity index (χ1) is 10.7. The minimum atomic E-state index is -0.303. The molecule has 1 amide bonds. The summed E-state index contributed by atoms with van der Waals surface area (Å²) in [7, 11) is 0. The van der Waals surface area contributed by atoms with Gasteiger partial charge in [0.25, 0.3) is 0 Å². The number of hydrogen-bond donors (Lipinski definition) is 2. The highest BCUT2D eigenvalue weighted by Gasteiger charge is 2.28. The second kappa shape index (κ2) is 8.52. The number of carbonyl (C=O) groups excluding carboxylic acids is 1. The molecule has 1 aliphatic carbocycles. The van der Waals surface area contributed by atoms with Gasteiger partial charge in [-0.2, -0.15) is 0 Å². The molecule has 0 unspecified atom stereocenters. The molecule has 1 saturated carbocycles. The fraction of sp³-hybridized carbons (Fsp3) is 0.588. The molecule has 2 aliphatic rings. The highest BCUT2D eigenvalue weighted by Crippen LogP contribution is 2.25. The van der Waals surface area contributed by atoms with E-state index in [4.69, 9.17) is 9.47 Å². The second-order valence-electron chi connectivity index (χ2n) is 6.05. The van der Waals surface area contributed by atoms with Crippen LogP contribution in [0.3, 0.4) is 0 Å². The molecule has 0 spiro atoms. The summed E-state index contributed by atoms with van der Waals surface area (Å²) in [6, 6.07) is 7.31. The van der Waals surface area contributed by atoms with Gasteiger partial charge in [-0.1, -0.05) is 0 Å². The minimum Gasteiger partial charge on any atom is -0.490 e. The Morgan fingerprint density at radius 3 is 2.61 bits per heavy atom. The third kappa shape index (κ3) is 4.83. The van der Waals surface area contributed by atoms with Crippen molar-refractivity contribution >= 4 is 24.0 Å². The zero-order valence-corrected chi connectivity index (χ0v) is 14.2. The molecule has 2 fully saturated rings. The van der Waals surface area contributed by atoms with Crippen LogP contribution < -0.4 is 15.4 Å². The van der Waals surface area contributed by atoms with Gasteiger partial charge in [0, 0.05) is 12.2 Å². The van der Waals surface area contributed by atoms with E-state index < -0.39 is 0 Å². The number of benzene rings is 1. The van der Waals surface area contributed by atoms with E-state index in [9.17, 15) is 4.79 Å². The van der Waals surface area contributed by atoms with Crippen molar-refractivity contribution in [2.45, 2.75) is 50.9 Å². The Bertz CT molecular complexity index is 503. The molecule has 1 aliphatic heterocycles. The van der Waals surface area contributed by atoms with Crippen LogP contribution in [0.25, 0.3) is 0 Å². The SMILES string of the molecule is C[C@H]1OCCN[C@@H]1C(=O)Nc1ccc(OC2CCCC2)cc1.Cl. The van der Waals surface area contributed by atoms with Crippen molar-refractivity contribution in [2.24, 2.45) is 0 Å². The maximum Gasteiger partial charge on any atom is 0.244 e.